The average Bonchev–Trinajstić information content (AvgIpc) is 2.57. The normalized spacial score (nSPS) is 13.5. The van der Waals surface area contributed by atoms with E-state index >= 15 is 0 Å². The Labute approximate surface area is 168 Å². The van der Waals surface area contributed by atoms with Crippen LogP contribution < -0.4 is 10.6 Å². The maximum Gasteiger partial charge on any atom is 0.404 e. The fourth-order valence-corrected chi connectivity index (χ4v) is 3.48. The number of halogens is 1. The van der Waals surface area contributed by atoms with E-state index in [1.165, 1.54) is 0 Å². The van der Waals surface area contributed by atoms with E-state index in [0.717, 1.165) is 10.0 Å². The van der Waals surface area contributed by atoms with Crippen LogP contribution in [0.2, 0.25) is 0 Å². The molecule has 0 aliphatic carbocycles. The Bertz CT molecular complexity index is 788. The second-order valence-electron chi connectivity index (χ2n) is 7.59. The molecule has 0 bridgehead atoms. The highest BCUT2D eigenvalue weighted by molar-refractivity contribution is 9.10. The van der Waals surface area contributed by atoms with E-state index in [1.54, 1.807) is 6.07 Å². The SMILES string of the molecule is CC(C)(C)C(NC(=O)O)C(Cc1ccccc1)C(=O)Nc1cccc(Br)c1. The van der Waals surface area contributed by atoms with Crippen LogP contribution in [0.4, 0.5) is 10.5 Å². The molecule has 144 valence electrons. The summed E-state index contributed by atoms with van der Waals surface area (Å²) in [6.45, 7) is 5.79. The summed E-state index contributed by atoms with van der Waals surface area (Å²) in [4.78, 5) is 24.5. The van der Waals surface area contributed by atoms with Gasteiger partial charge in [-0.05, 0) is 35.6 Å². The van der Waals surface area contributed by atoms with Gasteiger partial charge in [-0.3, -0.25) is 4.79 Å². The van der Waals surface area contributed by atoms with Crippen molar-refractivity contribution in [2.45, 2.75) is 33.2 Å². The third-order valence-electron chi connectivity index (χ3n) is 4.34. The van der Waals surface area contributed by atoms with Crippen molar-refractivity contribution < 1.29 is 14.7 Å². The van der Waals surface area contributed by atoms with Crippen LogP contribution in [0.3, 0.4) is 0 Å². The van der Waals surface area contributed by atoms with Crippen molar-refractivity contribution in [2.24, 2.45) is 11.3 Å². The van der Waals surface area contributed by atoms with Crippen molar-refractivity contribution in [3.05, 3.63) is 64.6 Å². The van der Waals surface area contributed by atoms with Crippen molar-refractivity contribution in [2.75, 3.05) is 5.32 Å². The molecule has 2 rings (SSSR count). The Balaban J connectivity index is 2.34. The summed E-state index contributed by atoms with van der Waals surface area (Å²) in [7, 11) is 0. The summed E-state index contributed by atoms with van der Waals surface area (Å²) >= 11 is 3.39. The number of amides is 2. The van der Waals surface area contributed by atoms with Gasteiger partial charge < -0.3 is 15.7 Å². The molecule has 2 unspecified atom stereocenters. The summed E-state index contributed by atoms with van der Waals surface area (Å²) in [5, 5.41) is 14.8. The minimum absolute atomic E-state index is 0.217. The van der Waals surface area contributed by atoms with E-state index < -0.39 is 23.5 Å². The number of benzene rings is 2. The minimum Gasteiger partial charge on any atom is -0.465 e. The first kappa shape index (κ1) is 21.0. The molecule has 27 heavy (non-hydrogen) atoms. The lowest BCUT2D eigenvalue weighted by Gasteiger charge is -2.36. The lowest BCUT2D eigenvalue weighted by molar-refractivity contribution is -0.121. The molecular formula is C21H25BrN2O3. The highest BCUT2D eigenvalue weighted by Gasteiger charge is 2.38. The minimum atomic E-state index is -1.14. The summed E-state index contributed by atoms with van der Waals surface area (Å²) in [6.07, 6.45) is -0.702. The van der Waals surface area contributed by atoms with E-state index in [0.29, 0.717) is 12.1 Å². The van der Waals surface area contributed by atoms with Crippen LogP contribution in [0, 0.1) is 11.3 Å². The maximum atomic E-state index is 13.1. The van der Waals surface area contributed by atoms with Gasteiger partial charge in [0.1, 0.15) is 0 Å². The Morgan fingerprint density at radius 2 is 1.74 bits per heavy atom. The van der Waals surface area contributed by atoms with Crippen LogP contribution in [0.1, 0.15) is 26.3 Å². The Morgan fingerprint density at radius 3 is 2.30 bits per heavy atom. The number of hydrogen-bond donors (Lipinski definition) is 3. The monoisotopic (exact) mass is 432 g/mol. The van der Waals surface area contributed by atoms with Crippen LogP contribution in [0.15, 0.2) is 59.1 Å². The van der Waals surface area contributed by atoms with Crippen molar-refractivity contribution in [3.63, 3.8) is 0 Å². The first-order valence-corrected chi connectivity index (χ1v) is 9.56. The van der Waals surface area contributed by atoms with Crippen LogP contribution in [-0.4, -0.2) is 23.1 Å². The van der Waals surface area contributed by atoms with Crippen LogP contribution in [-0.2, 0) is 11.2 Å². The molecule has 0 aliphatic heterocycles. The number of hydrogen-bond acceptors (Lipinski definition) is 2. The molecule has 3 N–H and O–H groups in total. The van der Waals surface area contributed by atoms with E-state index in [2.05, 4.69) is 26.6 Å². The molecule has 0 fully saturated rings. The first-order chi connectivity index (χ1) is 12.7. The lowest BCUT2D eigenvalue weighted by Crippen LogP contribution is -2.52. The van der Waals surface area contributed by atoms with Gasteiger partial charge in [-0.1, -0.05) is 73.1 Å². The molecule has 5 nitrogen and oxygen atoms in total. The molecule has 0 heterocycles. The number of carbonyl (C=O) groups is 2. The van der Waals surface area contributed by atoms with E-state index in [-0.39, 0.29) is 5.91 Å². The molecule has 0 aromatic heterocycles. The van der Waals surface area contributed by atoms with Gasteiger partial charge in [0.15, 0.2) is 0 Å². The van der Waals surface area contributed by atoms with E-state index in [9.17, 15) is 14.7 Å². The molecule has 2 aromatic rings. The molecule has 0 spiro atoms. The van der Waals surface area contributed by atoms with Gasteiger partial charge >= 0.3 is 6.09 Å². The molecule has 0 saturated heterocycles. The molecule has 0 aliphatic rings. The smallest absolute Gasteiger partial charge is 0.404 e. The average molecular weight is 433 g/mol. The molecule has 0 radical (unpaired) electrons. The molecule has 2 aromatic carbocycles. The largest absolute Gasteiger partial charge is 0.465 e. The van der Waals surface area contributed by atoms with Crippen molar-refractivity contribution in [1.29, 1.82) is 0 Å². The number of nitrogens with one attached hydrogen (secondary N) is 2. The van der Waals surface area contributed by atoms with Gasteiger partial charge in [0.05, 0.1) is 5.92 Å². The molecule has 2 amide bonds. The van der Waals surface area contributed by atoms with Gasteiger partial charge in [-0.15, -0.1) is 0 Å². The predicted molar refractivity (Wildman–Crippen MR) is 111 cm³/mol. The summed E-state index contributed by atoms with van der Waals surface area (Å²) in [6, 6.07) is 16.4. The first-order valence-electron chi connectivity index (χ1n) is 8.76. The van der Waals surface area contributed by atoms with Crippen LogP contribution in [0.5, 0.6) is 0 Å². The van der Waals surface area contributed by atoms with E-state index in [1.807, 2.05) is 69.3 Å². The van der Waals surface area contributed by atoms with Gasteiger partial charge in [-0.2, -0.15) is 0 Å². The Kier molecular flexibility index (Phi) is 7.02. The standard InChI is InChI=1S/C21H25BrN2O3/c1-21(2,3)18(24-20(26)27)17(12-14-8-5-4-6-9-14)19(25)23-16-11-7-10-15(22)13-16/h4-11,13,17-18,24H,12H2,1-3H3,(H,23,25)(H,26,27). The van der Waals surface area contributed by atoms with Gasteiger partial charge in [-0.25, -0.2) is 4.79 Å². The molecular weight excluding hydrogens is 408 g/mol. The second-order valence-corrected chi connectivity index (χ2v) is 8.50. The molecule has 0 saturated carbocycles. The highest BCUT2D eigenvalue weighted by atomic mass is 79.9. The summed E-state index contributed by atoms with van der Waals surface area (Å²) < 4.78 is 0.857. The third-order valence-corrected chi connectivity index (χ3v) is 4.83. The maximum absolute atomic E-state index is 13.1. The van der Waals surface area contributed by atoms with Crippen molar-refractivity contribution in [3.8, 4) is 0 Å². The van der Waals surface area contributed by atoms with Gasteiger partial charge in [0.25, 0.3) is 0 Å². The second kappa shape index (κ2) is 9.04. The van der Waals surface area contributed by atoms with Crippen LogP contribution >= 0.6 is 15.9 Å². The fourth-order valence-electron chi connectivity index (χ4n) is 3.08. The Morgan fingerprint density at radius 1 is 1.07 bits per heavy atom. The zero-order valence-electron chi connectivity index (χ0n) is 15.7. The van der Waals surface area contributed by atoms with Gasteiger partial charge in [0, 0.05) is 16.2 Å². The van der Waals surface area contributed by atoms with Gasteiger partial charge in [0.2, 0.25) is 5.91 Å². The zero-order chi connectivity index (χ0) is 20.0. The third kappa shape index (κ3) is 6.40. The molecule has 2 atom stereocenters. The zero-order valence-corrected chi connectivity index (χ0v) is 17.3. The Hall–Kier alpha value is -2.34. The number of carboxylic acid groups (broad SMARTS) is 1. The van der Waals surface area contributed by atoms with Crippen LogP contribution in [0.25, 0.3) is 0 Å². The molecule has 6 heteroatoms. The fraction of sp³-hybridized carbons (Fsp3) is 0.333. The summed E-state index contributed by atoms with van der Waals surface area (Å²) in [5.74, 6) is -0.784. The highest BCUT2D eigenvalue weighted by Crippen LogP contribution is 2.29. The quantitative estimate of drug-likeness (QED) is 0.605. The van der Waals surface area contributed by atoms with Crippen molar-refractivity contribution >= 4 is 33.6 Å². The van der Waals surface area contributed by atoms with E-state index in [4.69, 9.17) is 0 Å². The topological polar surface area (TPSA) is 78.4 Å². The lowest BCUT2D eigenvalue weighted by atomic mass is 9.76. The summed E-state index contributed by atoms with van der Waals surface area (Å²) in [5.41, 5.74) is 1.20. The predicted octanol–water partition coefficient (Wildman–Crippen LogP) is 4.93. The number of carbonyl (C=O) groups excluding carboxylic acids is 1. The van der Waals surface area contributed by atoms with Crippen molar-refractivity contribution in [1.82, 2.24) is 5.32 Å². The number of rotatable bonds is 6. The number of anilines is 1.